The zero-order valence-electron chi connectivity index (χ0n) is 9.55. The van der Waals surface area contributed by atoms with Crippen molar-refractivity contribution in [3.05, 3.63) is 21.8 Å². The fraction of sp³-hybridized carbons (Fsp3) is 0.500. The van der Waals surface area contributed by atoms with Crippen LogP contribution in [-0.4, -0.2) is 6.04 Å². The molecule has 15 heavy (non-hydrogen) atoms. The highest BCUT2D eigenvalue weighted by atomic mass is 127. The molecule has 0 saturated heterocycles. The van der Waals surface area contributed by atoms with E-state index in [0.717, 1.165) is 12.1 Å². The molecule has 1 aromatic rings. The van der Waals surface area contributed by atoms with Crippen molar-refractivity contribution < 1.29 is 0 Å². The summed E-state index contributed by atoms with van der Waals surface area (Å²) in [5.74, 6) is 0.642. The molecule has 1 aromatic carbocycles. The highest BCUT2D eigenvalue weighted by Gasteiger charge is 2.11. The van der Waals surface area contributed by atoms with Crippen molar-refractivity contribution in [2.45, 2.75) is 33.2 Å². The summed E-state index contributed by atoms with van der Waals surface area (Å²) in [6.45, 7) is 6.69. The number of nitrogens with one attached hydrogen (secondary N) is 1. The third-order valence-electron chi connectivity index (χ3n) is 2.58. The second-order valence-corrected chi connectivity index (χ2v) is 5.30. The standard InChI is InChI=1S/C12H19IN2/c1-4-11(8(2)3)15-12-6-5-9(14)7-10(12)13/h5-8,11,15H,4,14H2,1-3H3. The van der Waals surface area contributed by atoms with E-state index in [4.69, 9.17) is 5.73 Å². The van der Waals surface area contributed by atoms with Gasteiger partial charge in [0, 0.05) is 21.0 Å². The Morgan fingerprint density at radius 2 is 2.07 bits per heavy atom. The lowest BCUT2D eigenvalue weighted by atomic mass is 10.0. The molecule has 1 rings (SSSR count). The van der Waals surface area contributed by atoms with Crippen molar-refractivity contribution in [3.8, 4) is 0 Å². The summed E-state index contributed by atoms with van der Waals surface area (Å²) in [6, 6.07) is 6.53. The van der Waals surface area contributed by atoms with Crippen molar-refractivity contribution in [1.29, 1.82) is 0 Å². The SMILES string of the molecule is CCC(Nc1ccc(N)cc1I)C(C)C. The Balaban J connectivity index is 2.79. The molecule has 0 amide bonds. The van der Waals surface area contributed by atoms with E-state index in [1.54, 1.807) is 0 Å². The van der Waals surface area contributed by atoms with Gasteiger partial charge in [-0.2, -0.15) is 0 Å². The fourth-order valence-electron chi connectivity index (χ4n) is 1.59. The van der Waals surface area contributed by atoms with Crippen LogP contribution in [0.4, 0.5) is 11.4 Å². The maximum Gasteiger partial charge on any atom is 0.0479 e. The molecule has 1 unspecified atom stereocenters. The van der Waals surface area contributed by atoms with Crippen LogP contribution in [0.2, 0.25) is 0 Å². The molecule has 0 aliphatic heterocycles. The van der Waals surface area contributed by atoms with Crippen molar-refractivity contribution >= 4 is 34.0 Å². The summed E-state index contributed by atoms with van der Waals surface area (Å²) >= 11 is 2.32. The first-order valence-corrected chi connectivity index (χ1v) is 6.44. The molecule has 0 aliphatic carbocycles. The van der Waals surface area contributed by atoms with E-state index in [1.165, 1.54) is 9.26 Å². The predicted octanol–water partition coefficient (Wildman–Crippen LogP) is 3.72. The number of nitrogen functional groups attached to an aromatic ring is 1. The van der Waals surface area contributed by atoms with Crippen molar-refractivity contribution in [1.82, 2.24) is 0 Å². The average molecular weight is 318 g/mol. The van der Waals surface area contributed by atoms with Gasteiger partial charge in [-0.05, 0) is 53.1 Å². The van der Waals surface area contributed by atoms with Gasteiger partial charge >= 0.3 is 0 Å². The van der Waals surface area contributed by atoms with Gasteiger partial charge in [-0.1, -0.05) is 20.8 Å². The van der Waals surface area contributed by atoms with Crippen LogP contribution >= 0.6 is 22.6 Å². The number of hydrogen-bond donors (Lipinski definition) is 2. The molecular weight excluding hydrogens is 299 g/mol. The molecule has 3 N–H and O–H groups in total. The van der Waals surface area contributed by atoms with Crippen LogP contribution in [0, 0.1) is 9.49 Å². The van der Waals surface area contributed by atoms with E-state index < -0.39 is 0 Å². The third kappa shape index (κ3) is 3.55. The van der Waals surface area contributed by atoms with Gasteiger partial charge in [-0.15, -0.1) is 0 Å². The number of anilines is 2. The number of nitrogens with two attached hydrogens (primary N) is 1. The summed E-state index contributed by atoms with van der Waals surface area (Å²) in [5.41, 5.74) is 7.73. The van der Waals surface area contributed by atoms with Crippen LogP contribution < -0.4 is 11.1 Å². The summed E-state index contributed by atoms with van der Waals surface area (Å²) in [7, 11) is 0. The lowest BCUT2D eigenvalue weighted by molar-refractivity contribution is 0.511. The molecule has 84 valence electrons. The molecule has 0 aromatic heterocycles. The highest BCUT2D eigenvalue weighted by molar-refractivity contribution is 14.1. The number of halogens is 1. The first kappa shape index (κ1) is 12.6. The van der Waals surface area contributed by atoms with E-state index >= 15 is 0 Å². The van der Waals surface area contributed by atoms with E-state index in [-0.39, 0.29) is 0 Å². The van der Waals surface area contributed by atoms with Gasteiger partial charge in [0.25, 0.3) is 0 Å². The van der Waals surface area contributed by atoms with Crippen molar-refractivity contribution in [3.63, 3.8) is 0 Å². The van der Waals surface area contributed by atoms with Crippen LogP contribution in [0.1, 0.15) is 27.2 Å². The molecule has 0 radical (unpaired) electrons. The van der Waals surface area contributed by atoms with Gasteiger partial charge in [0.2, 0.25) is 0 Å². The summed E-state index contributed by atoms with van der Waals surface area (Å²) < 4.78 is 1.19. The first-order valence-electron chi connectivity index (χ1n) is 5.36. The Bertz CT molecular complexity index is 323. The Kier molecular flexibility index (Phi) is 4.70. The molecule has 0 aliphatic rings. The minimum Gasteiger partial charge on any atom is -0.399 e. The fourth-order valence-corrected chi connectivity index (χ4v) is 2.28. The lowest BCUT2D eigenvalue weighted by Gasteiger charge is -2.22. The van der Waals surface area contributed by atoms with Crippen LogP contribution in [0.3, 0.4) is 0 Å². The largest absolute Gasteiger partial charge is 0.399 e. The maximum absolute atomic E-state index is 5.72. The van der Waals surface area contributed by atoms with Gasteiger partial charge in [-0.25, -0.2) is 0 Å². The normalized spacial score (nSPS) is 12.9. The summed E-state index contributed by atoms with van der Waals surface area (Å²) in [6.07, 6.45) is 1.14. The molecule has 0 heterocycles. The van der Waals surface area contributed by atoms with E-state index in [2.05, 4.69) is 54.7 Å². The molecular formula is C12H19IN2. The van der Waals surface area contributed by atoms with E-state index in [0.29, 0.717) is 12.0 Å². The minimum atomic E-state index is 0.530. The summed E-state index contributed by atoms with van der Waals surface area (Å²) in [5, 5.41) is 3.56. The molecule has 2 nitrogen and oxygen atoms in total. The molecule has 0 fully saturated rings. The van der Waals surface area contributed by atoms with Gasteiger partial charge in [0.1, 0.15) is 0 Å². The zero-order chi connectivity index (χ0) is 11.4. The molecule has 3 heteroatoms. The minimum absolute atomic E-state index is 0.530. The second-order valence-electron chi connectivity index (χ2n) is 4.14. The van der Waals surface area contributed by atoms with Gasteiger partial charge in [0.15, 0.2) is 0 Å². The Labute approximate surface area is 106 Å². The molecule has 0 saturated carbocycles. The van der Waals surface area contributed by atoms with Crippen LogP contribution in [-0.2, 0) is 0 Å². The van der Waals surface area contributed by atoms with Gasteiger partial charge in [-0.3, -0.25) is 0 Å². The summed E-state index contributed by atoms with van der Waals surface area (Å²) in [4.78, 5) is 0. The number of rotatable bonds is 4. The van der Waals surface area contributed by atoms with Gasteiger partial charge in [0.05, 0.1) is 0 Å². The molecule has 0 bridgehead atoms. The van der Waals surface area contributed by atoms with Crippen LogP contribution in [0.25, 0.3) is 0 Å². The van der Waals surface area contributed by atoms with E-state index in [9.17, 15) is 0 Å². The lowest BCUT2D eigenvalue weighted by Crippen LogP contribution is -2.25. The monoisotopic (exact) mass is 318 g/mol. The first-order chi connectivity index (χ1) is 7.04. The Hall–Kier alpha value is -0.450. The highest BCUT2D eigenvalue weighted by Crippen LogP contribution is 2.23. The van der Waals surface area contributed by atoms with Crippen LogP contribution in [0.15, 0.2) is 18.2 Å². The Morgan fingerprint density at radius 1 is 1.40 bits per heavy atom. The molecule has 1 atom stereocenters. The van der Waals surface area contributed by atoms with Crippen molar-refractivity contribution in [2.75, 3.05) is 11.1 Å². The predicted molar refractivity (Wildman–Crippen MR) is 76.1 cm³/mol. The Morgan fingerprint density at radius 3 is 2.53 bits per heavy atom. The number of hydrogen-bond acceptors (Lipinski definition) is 2. The van der Waals surface area contributed by atoms with Gasteiger partial charge < -0.3 is 11.1 Å². The molecule has 0 spiro atoms. The second kappa shape index (κ2) is 5.58. The van der Waals surface area contributed by atoms with E-state index in [1.807, 2.05) is 12.1 Å². The van der Waals surface area contributed by atoms with Crippen LogP contribution in [0.5, 0.6) is 0 Å². The maximum atomic E-state index is 5.72. The average Bonchev–Trinajstić information content (AvgIpc) is 2.16. The zero-order valence-corrected chi connectivity index (χ0v) is 11.7. The number of benzene rings is 1. The van der Waals surface area contributed by atoms with Crippen molar-refractivity contribution in [2.24, 2.45) is 5.92 Å². The third-order valence-corrected chi connectivity index (χ3v) is 3.47. The smallest absolute Gasteiger partial charge is 0.0479 e. The topological polar surface area (TPSA) is 38.0 Å². The quantitative estimate of drug-likeness (QED) is 0.656.